The van der Waals surface area contributed by atoms with E-state index in [2.05, 4.69) is 48.4 Å². The first-order valence-electron chi connectivity index (χ1n) is 12.2. The van der Waals surface area contributed by atoms with Crippen molar-refractivity contribution in [3.8, 4) is 11.2 Å². The van der Waals surface area contributed by atoms with Gasteiger partial charge in [0.2, 0.25) is 0 Å². The third-order valence-corrected chi connectivity index (χ3v) is 6.69. The number of thioether (sulfide) groups is 1. The second-order valence-electron chi connectivity index (χ2n) is 8.58. The van der Waals surface area contributed by atoms with E-state index in [-0.39, 0.29) is 5.60 Å². The van der Waals surface area contributed by atoms with Crippen LogP contribution in [0.15, 0.2) is 35.2 Å². The molecule has 0 unspecified atom stereocenters. The lowest BCUT2D eigenvalue weighted by atomic mass is 9.95. The molecule has 1 nitrogen and oxygen atoms in total. The van der Waals surface area contributed by atoms with Crippen LogP contribution >= 0.6 is 11.8 Å². The lowest BCUT2D eigenvalue weighted by molar-refractivity contribution is -0.0132. The van der Waals surface area contributed by atoms with E-state index in [0.29, 0.717) is 0 Å². The lowest BCUT2D eigenvalue weighted by Crippen LogP contribution is -2.30. The largest absolute Gasteiger partial charge is 0.362 e. The summed E-state index contributed by atoms with van der Waals surface area (Å²) < 4.78 is 6.47. The molecule has 0 bridgehead atoms. The third-order valence-electron chi connectivity index (χ3n) is 5.98. The molecule has 0 amide bonds. The van der Waals surface area contributed by atoms with Crippen molar-refractivity contribution in [1.82, 2.24) is 0 Å². The van der Waals surface area contributed by atoms with E-state index in [1.165, 1.54) is 94.8 Å². The summed E-state index contributed by atoms with van der Waals surface area (Å²) in [4.78, 5) is 1.22. The van der Waals surface area contributed by atoms with Crippen molar-refractivity contribution in [2.45, 2.75) is 120 Å². The molecule has 1 saturated carbocycles. The summed E-state index contributed by atoms with van der Waals surface area (Å²) in [7, 11) is 0. The van der Waals surface area contributed by atoms with Crippen LogP contribution in [0.3, 0.4) is 0 Å². The third kappa shape index (κ3) is 11.2. The maximum Gasteiger partial charge on any atom is 0.129 e. The minimum atomic E-state index is -0.197. The van der Waals surface area contributed by atoms with Crippen molar-refractivity contribution in [2.75, 3.05) is 6.61 Å². The summed E-state index contributed by atoms with van der Waals surface area (Å²) in [6, 6.07) is 10.5. The van der Waals surface area contributed by atoms with E-state index >= 15 is 0 Å². The Labute approximate surface area is 184 Å². The van der Waals surface area contributed by atoms with Gasteiger partial charge in [-0.3, -0.25) is 0 Å². The Hall–Kier alpha value is -0.910. The molecule has 0 radical (unpaired) electrons. The molecule has 1 aliphatic rings. The molecule has 0 N–H and O–H groups in total. The average molecular weight is 415 g/mol. The summed E-state index contributed by atoms with van der Waals surface area (Å²) in [5.41, 5.74) is -0.197. The predicted molar refractivity (Wildman–Crippen MR) is 128 cm³/mol. The van der Waals surface area contributed by atoms with Crippen molar-refractivity contribution in [3.05, 3.63) is 30.3 Å². The van der Waals surface area contributed by atoms with E-state index in [0.717, 1.165) is 19.4 Å². The average Bonchev–Trinajstić information content (AvgIpc) is 2.99. The van der Waals surface area contributed by atoms with Gasteiger partial charge in [-0.25, -0.2) is 0 Å². The quantitative estimate of drug-likeness (QED) is 0.138. The highest BCUT2D eigenvalue weighted by Crippen LogP contribution is 2.31. The second-order valence-corrected chi connectivity index (χ2v) is 9.46. The molecule has 0 spiro atoms. The maximum atomic E-state index is 6.47. The zero-order valence-electron chi connectivity index (χ0n) is 18.7. The Morgan fingerprint density at radius 2 is 1.38 bits per heavy atom. The summed E-state index contributed by atoms with van der Waals surface area (Å²) in [5.74, 6) is 3.55. The molecule has 1 aromatic carbocycles. The minimum Gasteiger partial charge on any atom is -0.362 e. The highest BCUT2D eigenvalue weighted by Gasteiger charge is 2.29. The van der Waals surface area contributed by atoms with Gasteiger partial charge in [-0.1, -0.05) is 102 Å². The molecule has 0 atom stereocenters. The van der Waals surface area contributed by atoms with E-state index < -0.39 is 0 Å². The van der Waals surface area contributed by atoms with Crippen LogP contribution in [0.2, 0.25) is 0 Å². The molecular formula is C27H42OS. The van der Waals surface area contributed by atoms with E-state index in [1.807, 2.05) is 0 Å². The van der Waals surface area contributed by atoms with Crippen molar-refractivity contribution >= 4 is 11.8 Å². The zero-order valence-corrected chi connectivity index (χ0v) is 19.5. The van der Waals surface area contributed by atoms with Gasteiger partial charge in [0, 0.05) is 11.5 Å². The molecule has 1 fully saturated rings. The van der Waals surface area contributed by atoms with Gasteiger partial charge in [-0.05, 0) is 61.3 Å². The standard InChI is InChI=1S/C27H42OS/c1-2-3-4-5-6-7-8-9-12-18-24-28-27(21-16-10-11-17-22-27)23-25-29-26-19-14-13-15-20-26/h13-15,19-20H,2-12,16-18,21-22,24H2,1H3. The number of hydrogen-bond donors (Lipinski definition) is 0. The van der Waals surface area contributed by atoms with Crippen LogP contribution < -0.4 is 0 Å². The number of ether oxygens (including phenoxy) is 1. The summed E-state index contributed by atoms with van der Waals surface area (Å²) in [6.45, 7) is 3.16. The van der Waals surface area contributed by atoms with Crippen LogP contribution in [0.5, 0.6) is 0 Å². The van der Waals surface area contributed by atoms with Gasteiger partial charge in [-0.2, -0.15) is 0 Å². The van der Waals surface area contributed by atoms with Gasteiger partial charge in [0.15, 0.2) is 0 Å². The molecule has 162 valence electrons. The van der Waals surface area contributed by atoms with Gasteiger partial charge in [0.05, 0.1) is 0 Å². The van der Waals surface area contributed by atoms with Crippen LogP contribution in [-0.4, -0.2) is 12.2 Å². The fraction of sp³-hybridized carbons (Fsp3) is 0.704. The molecule has 1 aliphatic carbocycles. The van der Waals surface area contributed by atoms with E-state index in [9.17, 15) is 0 Å². The Morgan fingerprint density at radius 1 is 0.793 bits per heavy atom. The van der Waals surface area contributed by atoms with Gasteiger partial charge in [0.1, 0.15) is 5.60 Å². The number of benzene rings is 1. The highest BCUT2D eigenvalue weighted by atomic mass is 32.2. The van der Waals surface area contributed by atoms with Crippen molar-refractivity contribution < 1.29 is 4.74 Å². The molecule has 0 heterocycles. The number of rotatable bonds is 13. The Bertz CT molecular complexity index is 563. The molecule has 0 aromatic heterocycles. The number of hydrogen-bond acceptors (Lipinski definition) is 2. The first kappa shape index (κ1) is 24.4. The highest BCUT2D eigenvalue weighted by molar-refractivity contribution is 8.03. The Balaban J connectivity index is 1.66. The topological polar surface area (TPSA) is 9.23 Å². The van der Waals surface area contributed by atoms with Crippen molar-refractivity contribution in [2.24, 2.45) is 0 Å². The molecular weight excluding hydrogens is 372 g/mol. The molecule has 2 heteroatoms. The van der Waals surface area contributed by atoms with Crippen LogP contribution in [0.4, 0.5) is 0 Å². The Morgan fingerprint density at radius 3 is 2.00 bits per heavy atom. The fourth-order valence-corrected chi connectivity index (χ4v) is 4.78. The second kappa shape index (κ2) is 15.9. The van der Waals surface area contributed by atoms with Crippen LogP contribution in [0.25, 0.3) is 0 Å². The van der Waals surface area contributed by atoms with Crippen molar-refractivity contribution in [3.63, 3.8) is 0 Å². The SMILES string of the molecule is CCCCCCCCCCCCOC1(C#CSc2ccccc2)CCCCCC1. The zero-order chi connectivity index (χ0) is 20.5. The fourth-order valence-electron chi connectivity index (χ4n) is 4.13. The normalized spacial score (nSPS) is 16.0. The lowest BCUT2D eigenvalue weighted by Gasteiger charge is -2.27. The Kier molecular flexibility index (Phi) is 13.3. The monoisotopic (exact) mass is 414 g/mol. The molecule has 0 saturated heterocycles. The van der Waals surface area contributed by atoms with E-state index in [1.54, 1.807) is 11.8 Å². The van der Waals surface area contributed by atoms with Gasteiger partial charge < -0.3 is 4.74 Å². The van der Waals surface area contributed by atoms with Gasteiger partial charge in [0.25, 0.3) is 0 Å². The maximum absolute atomic E-state index is 6.47. The summed E-state index contributed by atoms with van der Waals surface area (Å²) >= 11 is 1.64. The first-order valence-corrected chi connectivity index (χ1v) is 13.0. The molecule has 0 aliphatic heterocycles. The first-order chi connectivity index (χ1) is 14.3. The van der Waals surface area contributed by atoms with Gasteiger partial charge in [-0.15, -0.1) is 0 Å². The van der Waals surface area contributed by atoms with E-state index in [4.69, 9.17) is 4.74 Å². The molecule has 1 aromatic rings. The number of unbranched alkanes of at least 4 members (excludes halogenated alkanes) is 9. The smallest absolute Gasteiger partial charge is 0.129 e. The van der Waals surface area contributed by atoms with Crippen LogP contribution in [-0.2, 0) is 4.74 Å². The van der Waals surface area contributed by atoms with Gasteiger partial charge >= 0.3 is 0 Å². The molecule has 2 rings (SSSR count). The molecule has 29 heavy (non-hydrogen) atoms. The predicted octanol–water partition coefficient (Wildman–Crippen LogP) is 8.77. The minimum absolute atomic E-state index is 0.197. The summed E-state index contributed by atoms with van der Waals surface area (Å²) in [5, 5.41) is 3.37. The van der Waals surface area contributed by atoms with Crippen LogP contribution in [0.1, 0.15) is 110 Å². The van der Waals surface area contributed by atoms with Crippen LogP contribution in [0, 0.1) is 11.2 Å². The van der Waals surface area contributed by atoms with Crippen molar-refractivity contribution in [1.29, 1.82) is 0 Å². The summed E-state index contributed by atoms with van der Waals surface area (Å²) in [6.07, 6.45) is 21.1.